The molecule has 7 amide bonds. The largest absolute Gasteiger partial charge is 0.497 e. The Morgan fingerprint density at radius 3 is 2.03 bits per heavy atom. The molecule has 2 unspecified atom stereocenters. The van der Waals surface area contributed by atoms with Crippen LogP contribution in [0.25, 0.3) is 0 Å². The third-order valence-electron chi connectivity index (χ3n) is 14.9. The number of methoxy groups -OCH3 is 1. The van der Waals surface area contributed by atoms with E-state index in [1.165, 1.54) is 61.6 Å². The van der Waals surface area contributed by atoms with Gasteiger partial charge in [0, 0.05) is 33.6 Å². The number of benzene rings is 1. The molecule has 0 bridgehead atoms. The van der Waals surface area contributed by atoms with E-state index in [2.05, 4.69) is 16.0 Å². The van der Waals surface area contributed by atoms with Gasteiger partial charge >= 0.3 is 11.9 Å². The van der Waals surface area contributed by atoms with Gasteiger partial charge in [-0.3, -0.25) is 43.2 Å². The second-order valence-corrected chi connectivity index (χ2v) is 22.8. The molecule has 5 N–H and O–H groups in total. The van der Waals surface area contributed by atoms with Crippen molar-refractivity contribution in [3.63, 3.8) is 0 Å². The monoisotopic (exact) mass is 1100 g/mol. The van der Waals surface area contributed by atoms with Crippen LogP contribution in [0.4, 0.5) is 0 Å². The highest BCUT2D eigenvalue weighted by atomic mass is 16.6. The van der Waals surface area contributed by atoms with Crippen molar-refractivity contribution in [2.24, 2.45) is 29.6 Å². The first-order valence-corrected chi connectivity index (χ1v) is 27.5. The van der Waals surface area contributed by atoms with E-state index in [-0.39, 0.29) is 57.0 Å². The van der Waals surface area contributed by atoms with E-state index in [0.29, 0.717) is 24.2 Å². The number of nitrogens with one attached hydrogen (secondary N) is 3. The molecule has 3 aliphatic heterocycles. The summed E-state index contributed by atoms with van der Waals surface area (Å²) in [6, 6.07) is -2.21. The normalized spacial score (nSPS) is 27.5. The van der Waals surface area contributed by atoms with E-state index >= 15 is 0 Å². The Hall–Kier alpha value is -6.16. The summed E-state index contributed by atoms with van der Waals surface area (Å²) in [4.78, 5) is 148. The zero-order chi connectivity index (χ0) is 58.6. The fourth-order valence-electron chi connectivity index (χ4n) is 10.4. The SMILES string of the molecule is COc1ccc(C[C@H]2C(=O)O[C@H](C)[C@H](NC(=O)[C@H](CC(C)C)N(C)C(=O)C3CCCN3C(=O)[C@H](C)O)C(=O)N[C@H](C(C)C)[C@@H](O)CC(=O)O[C@@H](C(C)C)C(=O)[C@H](C)C(=O)N[C@@H](CC(C)C)C(=O)N3CCCC3C(=O)N2C)cc1. The zero-order valence-corrected chi connectivity index (χ0v) is 48.1. The number of aliphatic hydroxyl groups is 2. The maximum atomic E-state index is 14.9. The number of nitrogens with zero attached hydrogens (tertiary/aromatic N) is 4. The molecule has 0 aliphatic carbocycles. The molecule has 0 radical (unpaired) electrons. The van der Waals surface area contributed by atoms with Gasteiger partial charge in [-0.05, 0) is 101 Å². The van der Waals surface area contributed by atoms with Crippen molar-refractivity contribution >= 4 is 59.1 Å². The summed E-state index contributed by atoms with van der Waals surface area (Å²) >= 11 is 0. The minimum absolute atomic E-state index is 0.0711. The van der Waals surface area contributed by atoms with Crippen molar-refractivity contribution in [3.05, 3.63) is 29.8 Å². The number of carbonyl (C=O) groups excluding carboxylic acids is 10. The molecule has 3 fully saturated rings. The first-order valence-electron chi connectivity index (χ1n) is 27.5. The minimum atomic E-state index is -1.76. The molecular formula is C56H87N7O15. The number of cyclic esters (lactones) is 2. The van der Waals surface area contributed by atoms with Crippen LogP contribution in [0.2, 0.25) is 0 Å². The van der Waals surface area contributed by atoms with Gasteiger partial charge < -0.3 is 60.0 Å². The van der Waals surface area contributed by atoms with Crippen LogP contribution in [0, 0.1) is 29.6 Å². The van der Waals surface area contributed by atoms with Crippen LogP contribution in [0.1, 0.15) is 127 Å². The molecule has 0 saturated carbocycles. The third-order valence-corrected chi connectivity index (χ3v) is 14.9. The predicted octanol–water partition coefficient (Wildman–Crippen LogP) is 1.93. The first kappa shape index (κ1) is 64.4. The van der Waals surface area contributed by atoms with Gasteiger partial charge in [-0.1, -0.05) is 67.5 Å². The minimum Gasteiger partial charge on any atom is -0.497 e. The van der Waals surface area contributed by atoms with Crippen LogP contribution in [-0.4, -0.2) is 190 Å². The first-order chi connectivity index (χ1) is 36.5. The number of fused-ring (bicyclic) bond motifs is 1. The predicted molar refractivity (Wildman–Crippen MR) is 286 cm³/mol. The van der Waals surface area contributed by atoms with Gasteiger partial charge in [0.25, 0.3) is 5.91 Å². The molecule has 1 aromatic carbocycles. The van der Waals surface area contributed by atoms with Crippen molar-refractivity contribution in [2.45, 2.75) is 194 Å². The maximum absolute atomic E-state index is 14.9. The van der Waals surface area contributed by atoms with Crippen molar-refractivity contribution in [2.75, 3.05) is 34.3 Å². The van der Waals surface area contributed by atoms with Crippen molar-refractivity contribution in [3.8, 4) is 5.75 Å². The number of rotatable bonds is 14. The molecular weight excluding hydrogens is 1010 g/mol. The smallest absolute Gasteiger partial charge is 0.329 e. The van der Waals surface area contributed by atoms with Crippen molar-refractivity contribution in [1.29, 1.82) is 0 Å². The van der Waals surface area contributed by atoms with E-state index in [1.54, 1.807) is 52.0 Å². The molecule has 3 saturated heterocycles. The summed E-state index contributed by atoms with van der Waals surface area (Å²) in [6.45, 7) is 18.2. The Balaban J connectivity index is 1.87. The van der Waals surface area contributed by atoms with Gasteiger partial charge in [0.1, 0.15) is 54.2 Å². The quantitative estimate of drug-likeness (QED) is 0.131. The van der Waals surface area contributed by atoms with Crippen LogP contribution >= 0.6 is 0 Å². The highest BCUT2D eigenvalue weighted by Crippen LogP contribution is 2.27. The second kappa shape index (κ2) is 28.6. The van der Waals surface area contributed by atoms with Gasteiger partial charge in [0.2, 0.25) is 35.4 Å². The van der Waals surface area contributed by atoms with E-state index in [9.17, 15) is 58.2 Å². The Morgan fingerprint density at radius 1 is 0.833 bits per heavy atom. The number of likely N-dealkylation sites (tertiary alicyclic amines) is 1. The van der Waals surface area contributed by atoms with Crippen molar-refractivity contribution in [1.82, 2.24) is 35.6 Å². The summed E-state index contributed by atoms with van der Waals surface area (Å²) in [7, 11) is 4.28. The summed E-state index contributed by atoms with van der Waals surface area (Å²) in [5, 5.41) is 30.0. The number of Topliss-reactive ketones (excluding diaryl/α,β-unsaturated/α-hetero) is 1. The molecule has 12 atom stereocenters. The number of hydrogen-bond acceptors (Lipinski definition) is 15. The zero-order valence-electron chi connectivity index (χ0n) is 48.1. The molecule has 4 rings (SSSR count). The number of carbonyl (C=O) groups is 10. The molecule has 3 heterocycles. The Labute approximate surface area is 459 Å². The number of esters is 2. The topological polar surface area (TPSA) is 288 Å². The van der Waals surface area contributed by atoms with Crippen LogP contribution in [0.5, 0.6) is 5.75 Å². The molecule has 0 aromatic heterocycles. The van der Waals surface area contributed by atoms with Gasteiger partial charge in [-0.2, -0.15) is 0 Å². The summed E-state index contributed by atoms with van der Waals surface area (Å²) in [5.74, 6) is -10.3. The molecule has 0 spiro atoms. The molecule has 1 aromatic rings. The van der Waals surface area contributed by atoms with E-state index < -0.39 is 150 Å². The number of likely N-dealkylation sites (N-methyl/N-ethyl adjacent to an activating group) is 2. The highest BCUT2D eigenvalue weighted by molar-refractivity contribution is 6.05. The lowest BCUT2D eigenvalue weighted by Gasteiger charge is -2.36. The van der Waals surface area contributed by atoms with Gasteiger partial charge in [-0.25, -0.2) is 4.79 Å². The van der Waals surface area contributed by atoms with Crippen LogP contribution in [-0.2, 0) is 63.8 Å². The summed E-state index contributed by atoms with van der Waals surface area (Å²) < 4.78 is 17.2. The summed E-state index contributed by atoms with van der Waals surface area (Å²) in [5.41, 5.74) is 0.569. The van der Waals surface area contributed by atoms with E-state index in [4.69, 9.17) is 14.2 Å². The standard InChI is InChI=1S/C56H87N7O15/c1-29(2)25-38-53(72)63-24-16-18-40(63)55(74)61(13)42(27-36-19-21-37(76-14)22-20-36)56(75)77-35(11)46(59-50(69)41(26-30(3)4)60(12)54(73)39-17-15-23-62(39)52(71)34(10)64)51(70)58-45(31(5)6)43(65)28-44(66)78-48(32(7)8)47(67)33(9)49(68)57-38/h19-22,29-35,38-43,45-46,48,64-65H,15-18,23-28H2,1-14H3,(H,57,68)(H,58,70)(H,59,69)/t33-,34-,35+,38-,39?,40?,41-,42-,43-,45+,46-,48-/m0/s1. The van der Waals surface area contributed by atoms with Gasteiger partial charge in [-0.15, -0.1) is 0 Å². The number of aliphatic hydroxyl groups excluding tert-OH is 2. The molecule has 78 heavy (non-hydrogen) atoms. The molecule has 3 aliphatic rings. The fraction of sp³-hybridized carbons (Fsp3) is 0.714. The maximum Gasteiger partial charge on any atom is 0.329 e. The number of ketones is 1. The lowest BCUT2D eigenvalue weighted by molar-refractivity contribution is -0.163. The lowest BCUT2D eigenvalue weighted by Crippen LogP contribution is -2.62. The Kier molecular flexibility index (Phi) is 23.6. The Bertz CT molecular complexity index is 2310. The molecule has 22 heteroatoms. The average molecular weight is 1100 g/mol. The highest BCUT2D eigenvalue weighted by Gasteiger charge is 2.46. The third kappa shape index (κ3) is 16.5. The van der Waals surface area contributed by atoms with E-state index in [0.717, 1.165) is 0 Å². The van der Waals surface area contributed by atoms with Gasteiger partial charge in [0.15, 0.2) is 11.9 Å². The van der Waals surface area contributed by atoms with Crippen LogP contribution in [0.3, 0.4) is 0 Å². The number of amides is 7. The number of ether oxygens (including phenoxy) is 3. The van der Waals surface area contributed by atoms with Crippen molar-refractivity contribution < 1.29 is 72.4 Å². The summed E-state index contributed by atoms with van der Waals surface area (Å²) in [6.07, 6.45) is -5.36. The van der Waals surface area contributed by atoms with Crippen LogP contribution < -0.4 is 20.7 Å². The lowest BCUT2D eigenvalue weighted by atomic mass is 9.92. The van der Waals surface area contributed by atoms with Gasteiger partial charge in [0.05, 0.1) is 31.6 Å². The Morgan fingerprint density at radius 2 is 1.46 bits per heavy atom. The number of hydrogen-bond donors (Lipinski definition) is 5. The molecule has 22 nitrogen and oxygen atoms in total. The fourth-order valence-corrected chi connectivity index (χ4v) is 10.4. The average Bonchev–Trinajstić information content (AvgIpc) is 4.08. The molecule has 436 valence electrons. The van der Waals surface area contributed by atoms with Crippen LogP contribution in [0.15, 0.2) is 24.3 Å². The second-order valence-electron chi connectivity index (χ2n) is 22.8. The van der Waals surface area contributed by atoms with E-state index in [1.807, 2.05) is 27.7 Å².